The molecule has 2 aliphatic heterocycles. The van der Waals surface area contributed by atoms with Crippen LogP contribution in [0.4, 0.5) is 5.82 Å². The molecule has 4 nitrogen and oxygen atoms in total. The van der Waals surface area contributed by atoms with Crippen LogP contribution in [0.5, 0.6) is 0 Å². The van der Waals surface area contributed by atoms with Crippen LogP contribution in [-0.2, 0) is 0 Å². The maximum atomic E-state index is 6.27. The lowest BCUT2D eigenvalue weighted by Crippen LogP contribution is -2.48. The molecule has 1 aromatic heterocycles. The Bertz CT molecular complexity index is 845. The quantitative estimate of drug-likeness (QED) is 0.661. The van der Waals surface area contributed by atoms with Crippen molar-refractivity contribution in [3.8, 4) is 0 Å². The Morgan fingerprint density at radius 2 is 1.77 bits per heavy atom. The molecule has 1 aromatic carbocycles. The van der Waals surface area contributed by atoms with Crippen LogP contribution in [0.3, 0.4) is 0 Å². The lowest BCUT2D eigenvalue weighted by atomic mass is 10.2. The Balaban J connectivity index is 1.35. The van der Waals surface area contributed by atoms with Crippen molar-refractivity contribution in [2.45, 2.75) is 0 Å². The first-order chi connectivity index (χ1) is 12.7. The van der Waals surface area contributed by atoms with Gasteiger partial charge in [-0.15, -0.1) is 0 Å². The Hall–Kier alpha value is -1.50. The normalized spacial score (nSPS) is 19.2. The second kappa shape index (κ2) is 8.03. The molecule has 4 rings (SSSR count). The van der Waals surface area contributed by atoms with Crippen molar-refractivity contribution < 1.29 is 0 Å². The van der Waals surface area contributed by atoms with Gasteiger partial charge in [0.05, 0.1) is 11.6 Å². The van der Waals surface area contributed by atoms with Crippen LogP contribution in [0, 0.1) is 0 Å². The predicted molar refractivity (Wildman–Crippen MR) is 115 cm³/mol. The zero-order chi connectivity index (χ0) is 17.9. The summed E-state index contributed by atoms with van der Waals surface area (Å²) < 4.78 is 1.10. The maximum Gasteiger partial charge on any atom is 0.164 e. The van der Waals surface area contributed by atoms with E-state index in [9.17, 15) is 0 Å². The first-order valence-corrected chi connectivity index (χ1v) is 10.5. The molecule has 26 heavy (non-hydrogen) atoms. The van der Waals surface area contributed by atoms with E-state index in [-0.39, 0.29) is 0 Å². The molecule has 0 amide bonds. The molecule has 0 N–H and O–H groups in total. The number of hydrogen-bond donors (Lipinski definition) is 0. The summed E-state index contributed by atoms with van der Waals surface area (Å²) in [6.07, 6.45) is 4.02. The highest BCUT2D eigenvalue weighted by Gasteiger charge is 2.25. The molecule has 3 heterocycles. The molecule has 0 saturated carbocycles. The fourth-order valence-corrected chi connectivity index (χ4v) is 4.54. The summed E-state index contributed by atoms with van der Waals surface area (Å²) in [4.78, 5) is 15.1. The Morgan fingerprint density at radius 1 is 1.04 bits per heavy atom. The number of aliphatic imine (C=N–C) groups is 1. The van der Waals surface area contributed by atoms with Crippen molar-refractivity contribution >= 4 is 56.4 Å². The third-order valence-electron chi connectivity index (χ3n) is 4.38. The van der Waals surface area contributed by atoms with E-state index in [2.05, 4.69) is 61.1 Å². The summed E-state index contributed by atoms with van der Waals surface area (Å²) in [5.41, 5.74) is 1.21. The molecule has 2 aliphatic rings. The molecule has 1 saturated heterocycles. The van der Waals surface area contributed by atoms with E-state index >= 15 is 0 Å². The van der Waals surface area contributed by atoms with Gasteiger partial charge in [-0.2, -0.15) is 0 Å². The van der Waals surface area contributed by atoms with Gasteiger partial charge in [0.1, 0.15) is 5.82 Å². The van der Waals surface area contributed by atoms with Gasteiger partial charge in [-0.25, -0.2) is 4.98 Å². The highest BCUT2D eigenvalue weighted by atomic mass is 79.9. The molecule has 134 valence electrons. The topological polar surface area (TPSA) is 31.7 Å². The number of amidine groups is 1. The van der Waals surface area contributed by atoms with Gasteiger partial charge in [-0.05, 0) is 35.9 Å². The van der Waals surface area contributed by atoms with Gasteiger partial charge < -0.3 is 9.80 Å². The molecule has 1 fully saturated rings. The van der Waals surface area contributed by atoms with Crippen molar-refractivity contribution in [3.05, 3.63) is 62.6 Å². The van der Waals surface area contributed by atoms with Gasteiger partial charge in [-0.1, -0.05) is 51.4 Å². The van der Waals surface area contributed by atoms with Gasteiger partial charge in [-0.3, -0.25) is 4.99 Å². The molecule has 0 aliphatic carbocycles. The minimum atomic E-state index is 0.716. The molecule has 0 spiro atoms. The molecule has 0 radical (unpaired) electrons. The Morgan fingerprint density at radius 3 is 2.50 bits per heavy atom. The van der Waals surface area contributed by atoms with Crippen LogP contribution in [0.1, 0.15) is 5.56 Å². The van der Waals surface area contributed by atoms with Crippen LogP contribution in [0.15, 0.2) is 57.0 Å². The van der Waals surface area contributed by atoms with Gasteiger partial charge >= 0.3 is 0 Å². The van der Waals surface area contributed by atoms with E-state index in [4.69, 9.17) is 16.6 Å². The summed E-state index contributed by atoms with van der Waals surface area (Å²) in [5.74, 6) is 0.880. The number of pyridine rings is 1. The Kier molecular flexibility index (Phi) is 5.52. The van der Waals surface area contributed by atoms with Crippen LogP contribution >= 0.6 is 39.3 Å². The lowest BCUT2D eigenvalue weighted by molar-refractivity contribution is 0.391. The van der Waals surface area contributed by atoms with E-state index in [1.807, 2.05) is 12.1 Å². The Labute approximate surface area is 171 Å². The standard InChI is InChI=1S/C19H18BrClN4S/c20-15-5-3-14(4-6-15)12-16-13-23-19(26-16)25-10-8-24(9-11-25)18-17(21)2-1-7-22-18/h1-7,12H,8-11,13H2. The summed E-state index contributed by atoms with van der Waals surface area (Å²) in [6, 6.07) is 12.1. The predicted octanol–water partition coefficient (Wildman–Crippen LogP) is 4.76. The third kappa shape index (κ3) is 4.08. The average Bonchev–Trinajstić information content (AvgIpc) is 3.13. The minimum absolute atomic E-state index is 0.716. The van der Waals surface area contributed by atoms with E-state index in [0.29, 0.717) is 5.02 Å². The fourth-order valence-electron chi connectivity index (χ4n) is 3.03. The monoisotopic (exact) mass is 448 g/mol. The molecule has 7 heteroatoms. The number of rotatable bonds is 2. The molecular weight excluding hydrogens is 432 g/mol. The number of thioether (sulfide) groups is 1. The van der Waals surface area contributed by atoms with Crippen molar-refractivity contribution in [2.24, 2.45) is 4.99 Å². The van der Waals surface area contributed by atoms with Crippen LogP contribution in [0.25, 0.3) is 6.08 Å². The third-order valence-corrected chi connectivity index (χ3v) is 6.28. The molecule has 0 unspecified atom stereocenters. The van der Waals surface area contributed by atoms with Crippen molar-refractivity contribution in [1.82, 2.24) is 9.88 Å². The second-order valence-corrected chi connectivity index (χ2v) is 8.56. The average molecular weight is 450 g/mol. The highest BCUT2D eigenvalue weighted by molar-refractivity contribution is 9.10. The van der Waals surface area contributed by atoms with Gasteiger partial charge in [0.25, 0.3) is 0 Å². The van der Waals surface area contributed by atoms with Gasteiger partial charge in [0, 0.05) is 41.8 Å². The smallest absolute Gasteiger partial charge is 0.164 e. The molecule has 2 aromatic rings. The molecule has 0 bridgehead atoms. The van der Waals surface area contributed by atoms with Crippen molar-refractivity contribution in [1.29, 1.82) is 0 Å². The first-order valence-electron chi connectivity index (χ1n) is 8.48. The fraction of sp³-hybridized carbons (Fsp3) is 0.263. The highest BCUT2D eigenvalue weighted by Crippen LogP contribution is 2.30. The van der Waals surface area contributed by atoms with E-state index < -0.39 is 0 Å². The van der Waals surface area contributed by atoms with E-state index in [1.165, 1.54) is 10.5 Å². The van der Waals surface area contributed by atoms with Crippen LogP contribution < -0.4 is 4.90 Å². The summed E-state index contributed by atoms with van der Waals surface area (Å²) in [5, 5.41) is 1.84. The van der Waals surface area contributed by atoms with Crippen molar-refractivity contribution in [2.75, 3.05) is 37.6 Å². The number of anilines is 1. The zero-order valence-electron chi connectivity index (χ0n) is 14.1. The number of hydrogen-bond acceptors (Lipinski definition) is 5. The largest absolute Gasteiger partial charge is 0.352 e. The van der Waals surface area contributed by atoms with Gasteiger partial charge in [0.2, 0.25) is 0 Å². The molecule has 0 atom stereocenters. The van der Waals surface area contributed by atoms with E-state index in [1.54, 1.807) is 18.0 Å². The summed E-state index contributed by atoms with van der Waals surface area (Å²) >= 11 is 11.5. The second-order valence-electron chi connectivity index (χ2n) is 6.15. The number of benzene rings is 1. The molecular formula is C19H18BrClN4S. The zero-order valence-corrected chi connectivity index (χ0v) is 17.3. The lowest BCUT2D eigenvalue weighted by Gasteiger charge is -2.36. The number of nitrogens with zero attached hydrogens (tertiary/aromatic N) is 4. The SMILES string of the molecule is Clc1cccnc1N1CCN(C2=NCC(=Cc3ccc(Br)cc3)S2)CC1. The number of halogens is 2. The minimum Gasteiger partial charge on any atom is -0.352 e. The van der Waals surface area contributed by atoms with Crippen LogP contribution in [-0.4, -0.2) is 47.8 Å². The van der Waals surface area contributed by atoms with Gasteiger partial charge in [0.15, 0.2) is 5.17 Å². The van der Waals surface area contributed by atoms with Crippen molar-refractivity contribution in [3.63, 3.8) is 0 Å². The number of aromatic nitrogens is 1. The summed E-state index contributed by atoms with van der Waals surface area (Å²) in [7, 11) is 0. The van der Waals surface area contributed by atoms with Crippen LogP contribution in [0.2, 0.25) is 5.02 Å². The first kappa shape index (κ1) is 17.9. The maximum absolute atomic E-state index is 6.27. The number of piperazine rings is 1. The summed E-state index contributed by atoms with van der Waals surface area (Å²) in [6.45, 7) is 4.45. The van der Waals surface area contributed by atoms with E-state index in [0.717, 1.165) is 48.2 Å².